The minimum absolute atomic E-state index is 0.0251. The van der Waals surface area contributed by atoms with Crippen LogP contribution in [0, 0.1) is 11.3 Å². The number of Topliss-reactive ketones (excluding diaryl/α,β-unsaturated/α-hetero) is 1. The zero-order valence-corrected chi connectivity index (χ0v) is 13.1. The Hall–Kier alpha value is -2.61. The number of ether oxygens (including phenoxy) is 1. The molecule has 5 nitrogen and oxygen atoms in total. The Morgan fingerprint density at radius 3 is 2.55 bits per heavy atom. The van der Waals surface area contributed by atoms with Crippen molar-refractivity contribution >= 4 is 22.7 Å². The molecule has 0 fully saturated rings. The number of esters is 1. The van der Waals surface area contributed by atoms with Crippen molar-refractivity contribution in [2.24, 2.45) is 0 Å². The molecule has 1 aromatic carbocycles. The Labute approximate surface area is 129 Å². The molecule has 114 valence electrons. The molecule has 0 N–H and O–H groups in total. The van der Waals surface area contributed by atoms with Crippen molar-refractivity contribution in [2.45, 2.75) is 33.7 Å². The van der Waals surface area contributed by atoms with E-state index in [2.05, 4.69) is 6.07 Å². The van der Waals surface area contributed by atoms with Gasteiger partial charge in [0.05, 0.1) is 23.8 Å². The average molecular weight is 298 g/mol. The predicted molar refractivity (Wildman–Crippen MR) is 83.0 cm³/mol. The number of carbonyl (C=O) groups excluding carboxylic acids is 2. The summed E-state index contributed by atoms with van der Waals surface area (Å²) in [6.45, 7) is 7.25. The molecule has 0 radical (unpaired) electrons. The Balaban J connectivity index is 2.93. The molecule has 0 saturated heterocycles. The zero-order valence-electron chi connectivity index (χ0n) is 13.1. The molecule has 0 bridgehead atoms. The van der Waals surface area contributed by atoms with Gasteiger partial charge in [-0.05, 0) is 45.9 Å². The summed E-state index contributed by atoms with van der Waals surface area (Å²) in [5.74, 6) is -0.737. The molecule has 0 amide bonds. The van der Waals surface area contributed by atoms with Crippen molar-refractivity contribution in [3.8, 4) is 6.07 Å². The quantitative estimate of drug-likeness (QED) is 0.640. The normalized spacial score (nSPS) is 10.7. The molecule has 1 aromatic heterocycles. The fourth-order valence-corrected chi connectivity index (χ4v) is 2.68. The summed E-state index contributed by atoms with van der Waals surface area (Å²) >= 11 is 0. The molecular weight excluding hydrogens is 280 g/mol. The fourth-order valence-electron chi connectivity index (χ4n) is 2.68. The van der Waals surface area contributed by atoms with Gasteiger partial charge in [-0.1, -0.05) is 0 Å². The van der Waals surface area contributed by atoms with Crippen LogP contribution in [0.4, 0.5) is 0 Å². The van der Waals surface area contributed by atoms with Crippen LogP contribution in [0.25, 0.3) is 10.9 Å². The number of nitriles is 1. The van der Waals surface area contributed by atoms with E-state index in [-0.39, 0.29) is 24.1 Å². The minimum Gasteiger partial charge on any atom is -0.461 e. The summed E-state index contributed by atoms with van der Waals surface area (Å²) in [6, 6.07) is 7.13. The van der Waals surface area contributed by atoms with Gasteiger partial charge in [0.2, 0.25) is 0 Å². The average Bonchev–Trinajstić information content (AvgIpc) is 2.81. The second-order valence-corrected chi connectivity index (χ2v) is 5.31. The number of benzene rings is 1. The molecule has 0 unspecified atom stereocenters. The highest BCUT2D eigenvalue weighted by atomic mass is 16.5. The molecular formula is C17H18N2O3. The second-order valence-electron chi connectivity index (χ2n) is 5.31. The molecule has 2 rings (SSSR count). The Morgan fingerprint density at radius 1 is 1.36 bits per heavy atom. The first-order valence-corrected chi connectivity index (χ1v) is 7.18. The maximum atomic E-state index is 12.4. The first-order valence-electron chi connectivity index (χ1n) is 7.18. The molecule has 0 atom stereocenters. The molecule has 0 aliphatic heterocycles. The largest absolute Gasteiger partial charge is 0.461 e. The van der Waals surface area contributed by atoms with Crippen LogP contribution in [0.5, 0.6) is 0 Å². The van der Waals surface area contributed by atoms with E-state index in [1.165, 1.54) is 6.92 Å². The summed E-state index contributed by atoms with van der Waals surface area (Å²) in [4.78, 5) is 24.5. The van der Waals surface area contributed by atoms with E-state index in [0.717, 1.165) is 5.52 Å². The van der Waals surface area contributed by atoms with Gasteiger partial charge >= 0.3 is 5.97 Å². The highest BCUT2D eigenvalue weighted by Crippen LogP contribution is 2.31. The lowest BCUT2D eigenvalue weighted by molar-refractivity contribution is 0.0509. The third kappa shape index (κ3) is 2.48. The standard InChI is InChI=1S/C17H18N2O3/c1-5-22-17(21)16-15(11(4)20)13-8-12(9-18)6-7-14(13)19(16)10(2)3/h6-8,10H,5H2,1-4H3. The van der Waals surface area contributed by atoms with E-state index in [4.69, 9.17) is 10.00 Å². The highest BCUT2D eigenvalue weighted by Gasteiger charge is 2.27. The van der Waals surface area contributed by atoms with Gasteiger partial charge in [0.1, 0.15) is 5.69 Å². The van der Waals surface area contributed by atoms with Gasteiger partial charge in [-0.25, -0.2) is 4.79 Å². The van der Waals surface area contributed by atoms with Crippen LogP contribution < -0.4 is 0 Å². The third-order valence-electron chi connectivity index (χ3n) is 3.47. The zero-order chi connectivity index (χ0) is 16.4. The Kier molecular flexibility index (Phi) is 4.32. The summed E-state index contributed by atoms with van der Waals surface area (Å²) in [5.41, 5.74) is 1.78. The number of fused-ring (bicyclic) bond motifs is 1. The number of rotatable bonds is 4. The number of hydrogen-bond donors (Lipinski definition) is 0. The van der Waals surface area contributed by atoms with Gasteiger partial charge in [-0.3, -0.25) is 4.79 Å². The topological polar surface area (TPSA) is 72.1 Å². The van der Waals surface area contributed by atoms with Crippen LogP contribution in [0.3, 0.4) is 0 Å². The van der Waals surface area contributed by atoms with Crippen LogP contribution in [0.15, 0.2) is 18.2 Å². The van der Waals surface area contributed by atoms with Crippen molar-refractivity contribution in [1.82, 2.24) is 4.57 Å². The first-order chi connectivity index (χ1) is 10.4. The van der Waals surface area contributed by atoms with E-state index in [1.807, 2.05) is 13.8 Å². The lowest BCUT2D eigenvalue weighted by atomic mass is 10.1. The molecule has 0 saturated carbocycles. The predicted octanol–water partition coefficient (Wildman–Crippen LogP) is 3.47. The fraction of sp³-hybridized carbons (Fsp3) is 0.353. The second kappa shape index (κ2) is 6.02. The number of carbonyl (C=O) groups is 2. The molecule has 1 heterocycles. The number of ketones is 1. The molecule has 0 aliphatic carbocycles. The first kappa shape index (κ1) is 15.8. The van der Waals surface area contributed by atoms with Crippen LogP contribution in [0.1, 0.15) is 60.1 Å². The van der Waals surface area contributed by atoms with E-state index in [0.29, 0.717) is 16.5 Å². The lowest BCUT2D eigenvalue weighted by Crippen LogP contribution is -2.16. The lowest BCUT2D eigenvalue weighted by Gasteiger charge is -2.14. The van der Waals surface area contributed by atoms with Crippen molar-refractivity contribution in [2.75, 3.05) is 6.61 Å². The van der Waals surface area contributed by atoms with Gasteiger partial charge in [0, 0.05) is 16.9 Å². The third-order valence-corrected chi connectivity index (χ3v) is 3.47. The maximum absolute atomic E-state index is 12.4. The summed E-state index contributed by atoms with van der Waals surface area (Å²) in [7, 11) is 0. The van der Waals surface area contributed by atoms with E-state index in [9.17, 15) is 9.59 Å². The van der Waals surface area contributed by atoms with Crippen LogP contribution >= 0.6 is 0 Å². The minimum atomic E-state index is -0.517. The van der Waals surface area contributed by atoms with Crippen LogP contribution in [0.2, 0.25) is 0 Å². The SMILES string of the molecule is CCOC(=O)c1c(C(C)=O)c2cc(C#N)ccc2n1C(C)C. The molecule has 0 spiro atoms. The van der Waals surface area contributed by atoms with Crippen LogP contribution in [-0.2, 0) is 4.74 Å². The number of aromatic nitrogens is 1. The number of hydrogen-bond acceptors (Lipinski definition) is 4. The van der Waals surface area contributed by atoms with Gasteiger partial charge in [-0.2, -0.15) is 5.26 Å². The molecule has 22 heavy (non-hydrogen) atoms. The smallest absolute Gasteiger partial charge is 0.355 e. The van der Waals surface area contributed by atoms with Crippen molar-refractivity contribution in [3.05, 3.63) is 35.0 Å². The number of nitrogens with zero attached hydrogens (tertiary/aromatic N) is 2. The molecule has 0 aliphatic rings. The van der Waals surface area contributed by atoms with E-state index >= 15 is 0 Å². The Bertz CT molecular complexity index is 794. The van der Waals surface area contributed by atoms with E-state index < -0.39 is 5.97 Å². The van der Waals surface area contributed by atoms with Gasteiger partial charge in [0.25, 0.3) is 0 Å². The van der Waals surface area contributed by atoms with Gasteiger partial charge in [0.15, 0.2) is 5.78 Å². The summed E-state index contributed by atoms with van der Waals surface area (Å²) < 4.78 is 6.92. The molecule has 5 heteroatoms. The summed E-state index contributed by atoms with van der Waals surface area (Å²) in [5, 5.41) is 9.69. The van der Waals surface area contributed by atoms with Gasteiger partial charge < -0.3 is 9.30 Å². The van der Waals surface area contributed by atoms with Gasteiger partial charge in [-0.15, -0.1) is 0 Å². The highest BCUT2D eigenvalue weighted by molar-refractivity contribution is 6.15. The van der Waals surface area contributed by atoms with Crippen molar-refractivity contribution < 1.29 is 14.3 Å². The Morgan fingerprint density at radius 2 is 2.05 bits per heavy atom. The monoisotopic (exact) mass is 298 g/mol. The van der Waals surface area contributed by atoms with Crippen LogP contribution in [-0.4, -0.2) is 22.9 Å². The maximum Gasteiger partial charge on any atom is 0.355 e. The molecule has 2 aromatic rings. The van der Waals surface area contributed by atoms with E-state index in [1.54, 1.807) is 29.7 Å². The summed E-state index contributed by atoms with van der Waals surface area (Å²) in [6.07, 6.45) is 0. The van der Waals surface area contributed by atoms with Crippen molar-refractivity contribution in [1.29, 1.82) is 5.26 Å². The van der Waals surface area contributed by atoms with Crippen molar-refractivity contribution in [3.63, 3.8) is 0 Å².